The van der Waals surface area contributed by atoms with E-state index in [1.165, 1.54) is 6.20 Å². The molecule has 0 radical (unpaired) electrons. The predicted octanol–water partition coefficient (Wildman–Crippen LogP) is 2.60. The second kappa shape index (κ2) is 5.34. The van der Waals surface area contributed by atoms with Crippen molar-refractivity contribution < 1.29 is 9.53 Å². The Morgan fingerprint density at radius 3 is 2.60 bits per heavy atom. The zero-order valence-electron chi connectivity index (χ0n) is 8.57. The summed E-state index contributed by atoms with van der Waals surface area (Å²) in [4.78, 5) is 15.1. The molecule has 0 saturated carbocycles. The molecule has 0 aliphatic rings. The molecule has 0 aliphatic carbocycles. The minimum absolute atomic E-state index is 0. The van der Waals surface area contributed by atoms with Crippen molar-refractivity contribution >= 4 is 6.09 Å². The van der Waals surface area contributed by atoms with Crippen LogP contribution >= 0.6 is 0 Å². The van der Waals surface area contributed by atoms with Gasteiger partial charge in [-0.05, 0) is 32.9 Å². The van der Waals surface area contributed by atoms with Gasteiger partial charge in [0.1, 0.15) is 0 Å². The summed E-state index contributed by atoms with van der Waals surface area (Å²) >= 11 is 0. The maximum absolute atomic E-state index is 11.3. The molecule has 1 N–H and O–H groups in total. The summed E-state index contributed by atoms with van der Waals surface area (Å²) in [6.45, 7) is 5.66. The van der Waals surface area contributed by atoms with E-state index in [2.05, 4.69) is 10.3 Å². The summed E-state index contributed by atoms with van der Waals surface area (Å²) in [5, 5.41) is 2.68. The van der Waals surface area contributed by atoms with Gasteiger partial charge in [-0.3, -0.25) is 4.98 Å². The number of carbonyl (C=O) groups is 1. The van der Waals surface area contributed by atoms with Crippen LogP contribution in [0, 0.1) is 0 Å². The molecule has 0 fully saturated rings. The molecule has 0 spiro atoms. The molecule has 0 saturated heterocycles. The third-order valence-electron chi connectivity index (χ3n) is 1.32. The quantitative estimate of drug-likeness (QED) is 0.775. The highest BCUT2D eigenvalue weighted by Crippen LogP contribution is 2.07. The van der Waals surface area contributed by atoms with Crippen molar-refractivity contribution in [1.82, 2.24) is 10.3 Å². The van der Waals surface area contributed by atoms with E-state index in [1.54, 1.807) is 18.3 Å². The summed E-state index contributed by atoms with van der Waals surface area (Å²) in [7, 11) is 0. The van der Waals surface area contributed by atoms with E-state index in [1.807, 2.05) is 20.8 Å². The lowest BCUT2D eigenvalue weighted by Gasteiger charge is -2.19. The van der Waals surface area contributed by atoms with Crippen molar-refractivity contribution in [2.24, 2.45) is 0 Å². The van der Waals surface area contributed by atoms with Gasteiger partial charge in [-0.15, -0.1) is 0 Å². The molecule has 84 valence electrons. The van der Waals surface area contributed by atoms with Crippen molar-refractivity contribution in [2.75, 3.05) is 0 Å². The molecule has 1 heterocycles. The minimum Gasteiger partial charge on any atom is -0.409 e. The van der Waals surface area contributed by atoms with Gasteiger partial charge < -0.3 is 10.1 Å². The highest BCUT2D eigenvalue weighted by molar-refractivity contribution is 5.70. The van der Waals surface area contributed by atoms with E-state index in [0.717, 1.165) is 0 Å². The van der Waals surface area contributed by atoms with Crippen LogP contribution in [-0.4, -0.2) is 16.6 Å². The maximum atomic E-state index is 11.3. The number of hydrogen-bond donors (Lipinski definition) is 1. The van der Waals surface area contributed by atoms with Gasteiger partial charge in [0.15, 0.2) is 5.75 Å². The number of rotatable bonds is 1. The topological polar surface area (TPSA) is 51.2 Å². The van der Waals surface area contributed by atoms with Gasteiger partial charge in [0.25, 0.3) is 0 Å². The molecule has 1 amide bonds. The Morgan fingerprint density at radius 2 is 2.13 bits per heavy atom. The van der Waals surface area contributed by atoms with Gasteiger partial charge in [0, 0.05) is 11.7 Å². The molecule has 4 nitrogen and oxygen atoms in total. The molecule has 0 atom stereocenters. The second-order valence-corrected chi connectivity index (χ2v) is 3.95. The summed E-state index contributed by atoms with van der Waals surface area (Å²) in [5.41, 5.74) is -0.292. The van der Waals surface area contributed by atoms with Crippen molar-refractivity contribution in [3.63, 3.8) is 0 Å². The largest absolute Gasteiger partial charge is 0.413 e. The van der Waals surface area contributed by atoms with Crippen molar-refractivity contribution in [3.8, 4) is 5.75 Å². The van der Waals surface area contributed by atoms with E-state index >= 15 is 0 Å². The van der Waals surface area contributed by atoms with Crippen LogP contribution in [0.5, 0.6) is 5.75 Å². The van der Waals surface area contributed by atoms with Crippen LogP contribution in [0.4, 0.5) is 4.79 Å². The second-order valence-electron chi connectivity index (χ2n) is 3.95. The van der Waals surface area contributed by atoms with Crippen LogP contribution in [0.15, 0.2) is 24.5 Å². The molecule has 1 rings (SSSR count). The van der Waals surface area contributed by atoms with E-state index in [4.69, 9.17) is 4.74 Å². The Morgan fingerprint density at radius 1 is 1.47 bits per heavy atom. The van der Waals surface area contributed by atoms with E-state index in [-0.39, 0.29) is 13.0 Å². The predicted molar refractivity (Wildman–Crippen MR) is 59.9 cm³/mol. The SMILES string of the molecule is C.CC(C)(C)NC(=O)Oc1cccnc1. The molecule has 0 aromatic carbocycles. The standard InChI is InChI=1S/C10H14N2O2.CH4/c1-10(2,3)12-9(13)14-8-5-4-6-11-7-8;/h4-7H,1-3H3,(H,12,13);1H4. The first kappa shape index (κ1) is 13.4. The molecular formula is C11H18N2O2. The molecule has 0 unspecified atom stereocenters. The van der Waals surface area contributed by atoms with Gasteiger partial charge in [-0.2, -0.15) is 0 Å². The third kappa shape index (κ3) is 5.67. The Bertz CT molecular complexity index is 304. The highest BCUT2D eigenvalue weighted by Gasteiger charge is 2.14. The van der Waals surface area contributed by atoms with Crippen molar-refractivity contribution in [3.05, 3.63) is 24.5 Å². The van der Waals surface area contributed by atoms with Crippen LogP contribution in [0.1, 0.15) is 28.2 Å². The fraction of sp³-hybridized carbons (Fsp3) is 0.455. The fourth-order valence-electron chi connectivity index (χ4n) is 0.846. The number of hydrogen-bond acceptors (Lipinski definition) is 3. The summed E-state index contributed by atoms with van der Waals surface area (Å²) in [5.74, 6) is 0.439. The van der Waals surface area contributed by atoms with Gasteiger partial charge in [-0.25, -0.2) is 4.79 Å². The van der Waals surface area contributed by atoms with Crippen LogP contribution in [0.2, 0.25) is 0 Å². The number of carbonyl (C=O) groups excluding carboxylic acids is 1. The zero-order valence-corrected chi connectivity index (χ0v) is 8.57. The third-order valence-corrected chi connectivity index (χ3v) is 1.32. The van der Waals surface area contributed by atoms with Crippen LogP contribution in [-0.2, 0) is 0 Å². The number of ether oxygens (including phenoxy) is 1. The summed E-state index contributed by atoms with van der Waals surface area (Å²) < 4.78 is 4.98. The van der Waals surface area contributed by atoms with Crippen molar-refractivity contribution in [2.45, 2.75) is 33.7 Å². The normalized spacial score (nSPS) is 10.1. The Balaban J connectivity index is 0.00000196. The zero-order chi connectivity index (χ0) is 10.6. The molecule has 0 bridgehead atoms. The first-order valence-corrected chi connectivity index (χ1v) is 4.37. The number of aromatic nitrogens is 1. The number of amides is 1. The average Bonchev–Trinajstić information content (AvgIpc) is 2.02. The van der Waals surface area contributed by atoms with Gasteiger partial charge >= 0.3 is 6.09 Å². The molecule has 0 aliphatic heterocycles. The average molecular weight is 210 g/mol. The van der Waals surface area contributed by atoms with Crippen LogP contribution in [0.3, 0.4) is 0 Å². The number of nitrogens with one attached hydrogen (secondary N) is 1. The molecular weight excluding hydrogens is 192 g/mol. The van der Waals surface area contributed by atoms with E-state index < -0.39 is 6.09 Å². The maximum Gasteiger partial charge on any atom is 0.413 e. The lowest BCUT2D eigenvalue weighted by atomic mass is 10.1. The van der Waals surface area contributed by atoms with Gasteiger partial charge in [0.05, 0.1) is 6.20 Å². The Kier molecular flexibility index (Phi) is 4.78. The molecule has 15 heavy (non-hydrogen) atoms. The number of nitrogens with zero attached hydrogens (tertiary/aromatic N) is 1. The van der Waals surface area contributed by atoms with Crippen LogP contribution < -0.4 is 10.1 Å². The lowest BCUT2D eigenvalue weighted by molar-refractivity contribution is 0.190. The Hall–Kier alpha value is -1.58. The Labute approximate surface area is 90.7 Å². The van der Waals surface area contributed by atoms with Crippen molar-refractivity contribution in [1.29, 1.82) is 0 Å². The fourth-order valence-corrected chi connectivity index (χ4v) is 0.846. The smallest absolute Gasteiger partial charge is 0.409 e. The summed E-state index contributed by atoms with van der Waals surface area (Å²) in [6.07, 6.45) is 2.64. The monoisotopic (exact) mass is 210 g/mol. The van der Waals surface area contributed by atoms with Crippen LogP contribution in [0.25, 0.3) is 0 Å². The minimum atomic E-state index is -0.467. The molecule has 1 aromatic heterocycles. The summed E-state index contributed by atoms with van der Waals surface area (Å²) in [6, 6.07) is 3.38. The first-order valence-electron chi connectivity index (χ1n) is 4.37. The van der Waals surface area contributed by atoms with E-state index in [9.17, 15) is 4.79 Å². The first-order chi connectivity index (χ1) is 6.47. The van der Waals surface area contributed by atoms with E-state index in [0.29, 0.717) is 5.75 Å². The van der Waals surface area contributed by atoms with Gasteiger partial charge in [0.2, 0.25) is 0 Å². The lowest BCUT2D eigenvalue weighted by Crippen LogP contribution is -2.42. The molecule has 1 aromatic rings. The van der Waals surface area contributed by atoms with Gasteiger partial charge in [-0.1, -0.05) is 7.43 Å². The molecule has 4 heteroatoms. The highest BCUT2D eigenvalue weighted by atomic mass is 16.6. The number of pyridine rings is 1.